The van der Waals surface area contributed by atoms with Gasteiger partial charge in [0.2, 0.25) is 0 Å². The number of nitrogens with zero attached hydrogens (tertiary/aromatic N) is 2. The van der Waals surface area contributed by atoms with Crippen molar-refractivity contribution in [3.8, 4) is 0 Å². The molecule has 12 heteroatoms. The number of halogens is 4. The average Bonchev–Trinajstić information content (AvgIpc) is 3.02. The van der Waals surface area contributed by atoms with E-state index in [1.165, 1.54) is 0 Å². The minimum atomic E-state index is -1.23. The molecule has 0 bridgehead atoms. The third kappa shape index (κ3) is 8.66. The number of aromatic nitrogens is 2. The molecule has 0 fully saturated rings. The third-order valence-corrected chi connectivity index (χ3v) is 7.32. The van der Waals surface area contributed by atoms with Gasteiger partial charge in [-0.2, -0.15) is 0 Å². The van der Waals surface area contributed by atoms with E-state index in [1.54, 1.807) is 99.6 Å². The largest absolute Gasteiger partial charge is 0.434 e. The minimum Gasteiger partial charge on any atom is -0.434 e. The standard InChI is InChI=1S/C32H26Cl4N4O4/c1-37-29(15-25(19-5-3-11-39-17-19)23-9-7-21(33)13-27(23)35)43-31(41)32(42)44-30(38-2)16-26(20-6-4-12-40-18-20)24-10-8-22(34)14-28(24)36/h3-18,29-30,37-38H,1-2H3. The molecule has 4 rings (SSSR count). The van der Waals surface area contributed by atoms with Gasteiger partial charge >= 0.3 is 11.9 Å². The van der Waals surface area contributed by atoms with Gasteiger partial charge < -0.3 is 9.47 Å². The predicted octanol–water partition coefficient (Wildman–Crippen LogP) is 6.83. The van der Waals surface area contributed by atoms with Gasteiger partial charge in [0.05, 0.1) is 0 Å². The molecular weight excluding hydrogens is 646 g/mol. The second-order valence-corrected chi connectivity index (χ2v) is 10.8. The molecule has 0 aliphatic heterocycles. The molecule has 226 valence electrons. The number of hydrogen-bond acceptors (Lipinski definition) is 8. The van der Waals surface area contributed by atoms with Crippen LogP contribution in [0, 0.1) is 0 Å². The summed E-state index contributed by atoms with van der Waals surface area (Å²) in [6.45, 7) is 0. The highest BCUT2D eigenvalue weighted by atomic mass is 35.5. The number of esters is 2. The monoisotopic (exact) mass is 670 g/mol. The van der Waals surface area contributed by atoms with Gasteiger partial charge in [0.1, 0.15) is 0 Å². The number of carbonyl (C=O) groups is 2. The highest BCUT2D eigenvalue weighted by Gasteiger charge is 2.25. The molecule has 2 N–H and O–H groups in total. The van der Waals surface area contributed by atoms with E-state index in [4.69, 9.17) is 55.9 Å². The summed E-state index contributed by atoms with van der Waals surface area (Å²) in [5.41, 5.74) is 3.81. The molecule has 0 amide bonds. The third-order valence-electron chi connectivity index (χ3n) is 6.23. The van der Waals surface area contributed by atoms with Crippen LogP contribution in [0.2, 0.25) is 20.1 Å². The van der Waals surface area contributed by atoms with E-state index in [9.17, 15) is 9.59 Å². The van der Waals surface area contributed by atoms with Crippen LogP contribution >= 0.6 is 46.4 Å². The molecular formula is C32H26Cl4N4O4. The normalized spacial score (nSPS) is 13.2. The van der Waals surface area contributed by atoms with Crippen LogP contribution in [-0.2, 0) is 19.1 Å². The number of benzene rings is 2. The summed E-state index contributed by atoms with van der Waals surface area (Å²) in [7, 11) is 3.14. The fraction of sp³-hybridized carbons (Fsp3) is 0.125. The van der Waals surface area contributed by atoms with Crippen molar-refractivity contribution in [2.45, 2.75) is 12.5 Å². The lowest BCUT2D eigenvalue weighted by Gasteiger charge is -2.19. The molecule has 4 aromatic rings. The van der Waals surface area contributed by atoms with Crippen molar-refractivity contribution in [2.75, 3.05) is 14.1 Å². The Bertz CT molecular complexity index is 1560. The quantitative estimate of drug-likeness (QED) is 0.107. The van der Waals surface area contributed by atoms with Crippen molar-refractivity contribution in [1.82, 2.24) is 20.6 Å². The highest BCUT2D eigenvalue weighted by molar-refractivity contribution is 6.36. The molecule has 0 saturated carbocycles. The number of rotatable bonds is 10. The van der Waals surface area contributed by atoms with E-state index >= 15 is 0 Å². The summed E-state index contributed by atoms with van der Waals surface area (Å²) in [6.07, 6.45) is 7.66. The van der Waals surface area contributed by atoms with Crippen LogP contribution in [0.1, 0.15) is 22.3 Å². The van der Waals surface area contributed by atoms with Crippen LogP contribution in [0.5, 0.6) is 0 Å². The molecule has 0 spiro atoms. The van der Waals surface area contributed by atoms with Crippen molar-refractivity contribution >= 4 is 69.5 Å². The van der Waals surface area contributed by atoms with Crippen LogP contribution in [0.3, 0.4) is 0 Å². The van der Waals surface area contributed by atoms with Gasteiger partial charge in [0.15, 0.2) is 12.5 Å². The molecule has 0 radical (unpaired) electrons. The maximum absolute atomic E-state index is 12.9. The lowest BCUT2D eigenvalue weighted by Crippen LogP contribution is -2.37. The van der Waals surface area contributed by atoms with E-state index < -0.39 is 24.4 Å². The first kappa shape index (κ1) is 33.1. The molecule has 2 heterocycles. The Labute approximate surface area is 274 Å². The zero-order valence-electron chi connectivity index (χ0n) is 23.4. The van der Waals surface area contributed by atoms with Crippen molar-refractivity contribution in [1.29, 1.82) is 0 Å². The number of nitrogens with one attached hydrogen (secondary N) is 2. The Morgan fingerprint density at radius 1 is 0.682 bits per heavy atom. The Morgan fingerprint density at radius 2 is 1.09 bits per heavy atom. The van der Waals surface area contributed by atoms with E-state index in [2.05, 4.69) is 20.6 Å². The van der Waals surface area contributed by atoms with E-state index in [1.807, 2.05) is 12.1 Å². The van der Waals surface area contributed by atoms with Crippen molar-refractivity contribution < 1.29 is 19.1 Å². The zero-order valence-corrected chi connectivity index (χ0v) is 26.5. The number of pyridine rings is 2. The SMILES string of the molecule is CNC(C=C(c1cccnc1)c1ccc(Cl)cc1Cl)OC(=O)C(=O)OC(C=C(c1cccnc1)c1ccc(Cl)cc1Cl)NC. The Balaban J connectivity index is 1.59. The molecule has 2 unspecified atom stereocenters. The molecule has 2 aromatic carbocycles. The first-order chi connectivity index (χ1) is 21.2. The van der Waals surface area contributed by atoms with Gasteiger partial charge in [-0.15, -0.1) is 0 Å². The van der Waals surface area contributed by atoms with Gasteiger partial charge in [-0.3, -0.25) is 20.6 Å². The lowest BCUT2D eigenvalue weighted by atomic mass is 9.98. The minimum absolute atomic E-state index is 0.377. The molecule has 2 atom stereocenters. The zero-order chi connectivity index (χ0) is 31.6. The lowest BCUT2D eigenvalue weighted by molar-refractivity contribution is -0.172. The Morgan fingerprint density at radius 3 is 1.41 bits per heavy atom. The second kappa shape index (κ2) is 15.8. The fourth-order valence-electron chi connectivity index (χ4n) is 4.13. The van der Waals surface area contributed by atoms with Crippen molar-refractivity contribution in [3.05, 3.63) is 140 Å². The number of hydrogen-bond donors (Lipinski definition) is 2. The van der Waals surface area contributed by atoms with Crippen LogP contribution in [-0.4, -0.2) is 48.5 Å². The first-order valence-corrected chi connectivity index (χ1v) is 14.6. The van der Waals surface area contributed by atoms with Crippen LogP contribution in [0.25, 0.3) is 11.1 Å². The molecule has 2 aromatic heterocycles. The van der Waals surface area contributed by atoms with E-state index in [0.717, 1.165) is 0 Å². The van der Waals surface area contributed by atoms with E-state index in [0.29, 0.717) is 53.5 Å². The summed E-state index contributed by atoms with van der Waals surface area (Å²) in [6, 6.07) is 17.2. The maximum atomic E-state index is 12.9. The smallest absolute Gasteiger partial charge is 0.419 e. The number of carbonyl (C=O) groups excluding carboxylic acids is 2. The summed E-state index contributed by atoms with van der Waals surface area (Å²) < 4.78 is 10.9. The topological polar surface area (TPSA) is 102 Å². The Kier molecular flexibility index (Phi) is 11.9. The molecule has 0 saturated heterocycles. The highest BCUT2D eigenvalue weighted by Crippen LogP contribution is 2.33. The van der Waals surface area contributed by atoms with Crippen LogP contribution in [0.4, 0.5) is 0 Å². The molecule has 0 aliphatic rings. The van der Waals surface area contributed by atoms with Gasteiger partial charge in [-0.05, 0) is 73.8 Å². The first-order valence-electron chi connectivity index (χ1n) is 13.1. The average molecular weight is 672 g/mol. The van der Waals surface area contributed by atoms with Crippen molar-refractivity contribution in [2.24, 2.45) is 0 Å². The molecule has 44 heavy (non-hydrogen) atoms. The molecule has 0 aliphatic carbocycles. The summed E-state index contributed by atoms with van der Waals surface area (Å²) >= 11 is 25.2. The second-order valence-electron chi connectivity index (χ2n) is 9.12. The van der Waals surface area contributed by atoms with Gasteiger partial charge in [-0.25, -0.2) is 9.59 Å². The van der Waals surface area contributed by atoms with Crippen molar-refractivity contribution in [3.63, 3.8) is 0 Å². The van der Waals surface area contributed by atoms with Crippen LogP contribution < -0.4 is 10.6 Å². The van der Waals surface area contributed by atoms with Gasteiger partial charge in [0.25, 0.3) is 0 Å². The summed E-state index contributed by atoms with van der Waals surface area (Å²) in [5.74, 6) is -2.45. The number of ether oxygens (including phenoxy) is 2. The summed E-state index contributed by atoms with van der Waals surface area (Å²) in [4.78, 5) is 34.2. The maximum Gasteiger partial charge on any atom is 0.419 e. The number of likely N-dealkylation sites (N-methyl/N-ethyl adjacent to an activating group) is 2. The Hall–Kier alpha value is -3.76. The van der Waals surface area contributed by atoms with E-state index in [-0.39, 0.29) is 0 Å². The van der Waals surface area contributed by atoms with Crippen LogP contribution in [0.15, 0.2) is 97.6 Å². The van der Waals surface area contributed by atoms with Gasteiger partial charge in [0, 0.05) is 67.1 Å². The fourth-order valence-corrected chi connectivity index (χ4v) is 5.15. The van der Waals surface area contributed by atoms with Gasteiger partial charge in [-0.1, -0.05) is 70.7 Å². The molecule has 8 nitrogen and oxygen atoms in total. The summed E-state index contributed by atoms with van der Waals surface area (Å²) in [5, 5.41) is 7.40. The predicted molar refractivity (Wildman–Crippen MR) is 173 cm³/mol.